The average Bonchev–Trinajstić information content (AvgIpc) is 4.18. The molecule has 1 aliphatic carbocycles. The maximum Gasteiger partial charge on any atom is 0.247 e. The molecule has 1 spiro atoms. The summed E-state index contributed by atoms with van der Waals surface area (Å²) < 4.78 is 7.29. The molecule has 3 aromatic carbocycles. The second kappa shape index (κ2) is 19.1. The van der Waals surface area contributed by atoms with E-state index >= 15 is 0 Å². The monoisotopic (exact) mass is 961 g/mol. The van der Waals surface area contributed by atoms with E-state index in [0.717, 1.165) is 43.0 Å². The van der Waals surface area contributed by atoms with Crippen molar-refractivity contribution in [1.29, 1.82) is 0 Å². The van der Waals surface area contributed by atoms with Gasteiger partial charge in [0.15, 0.2) is 0 Å². The van der Waals surface area contributed by atoms with E-state index in [1.54, 1.807) is 19.3 Å². The van der Waals surface area contributed by atoms with Crippen LogP contribution >= 0.6 is 15.9 Å². The van der Waals surface area contributed by atoms with Gasteiger partial charge in [0.2, 0.25) is 35.4 Å². The van der Waals surface area contributed by atoms with Gasteiger partial charge in [0.05, 0.1) is 12.7 Å². The summed E-state index contributed by atoms with van der Waals surface area (Å²) >= 11 is 3.47. The lowest BCUT2D eigenvalue weighted by Gasteiger charge is -2.36. The molecule has 66 heavy (non-hydrogen) atoms. The molecule has 3 aliphatic heterocycles. The number of rotatable bonds is 8. The van der Waals surface area contributed by atoms with Gasteiger partial charge in [-0.15, -0.1) is 0 Å². The highest BCUT2D eigenvalue weighted by Gasteiger charge is 2.49. The maximum atomic E-state index is 14.9. The van der Waals surface area contributed by atoms with Crippen LogP contribution in [0.3, 0.4) is 0 Å². The van der Waals surface area contributed by atoms with Gasteiger partial charge in [-0.1, -0.05) is 77.3 Å². The number of nitrogens with one attached hydrogen (secondary N) is 6. The van der Waals surface area contributed by atoms with E-state index in [1.165, 1.54) is 9.80 Å². The van der Waals surface area contributed by atoms with Crippen LogP contribution < -0.4 is 27.0 Å². The van der Waals surface area contributed by atoms with E-state index in [1.807, 2.05) is 72.8 Å². The number of nitrogens with two attached hydrogens (primary N) is 1. The molecule has 16 nitrogen and oxygen atoms in total. The van der Waals surface area contributed by atoms with E-state index in [4.69, 9.17) is 10.5 Å². The zero-order valence-electron chi connectivity index (χ0n) is 36.8. The normalized spacial score (nSPS) is 25.9. The zero-order valence-corrected chi connectivity index (χ0v) is 38.4. The standard InChI is InChI=1S/C49H56BrN9O7/c1-28(51)42-47(64)58-20-8-13-40(58)46(63)59-26-33(66-27-29-14-16-32(50)17-15-29)23-41(59)45(62)54-39(22-31-25-53-37-12-5-3-10-35(31)37)44(61)57-49(18-6-7-19-49)48(65)55-38(43(60)56-42)21-30-24-52-36-11-4-2-9-34(30)36/h2-5,9-12,14-17,24-25,28,33,38-42,52-53H,6-8,13,18-23,26-27,51H2,1H3,(H,54,62)(H,55,65)(H,56,60)(H,57,61)/t28?,33-,38+,39+,40-,41+,42+/m1/s1. The first kappa shape index (κ1) is 45.1. The number of nitrogens with zero attached hydrogens (tertiary/aromatic N) is 2. The topological polar surface area (TPSA) is 224 Å². The van der Waals surface area contributed by atoms with E-state index in [-0.39, 0.29) is 39.0 Å². The van der Waals surface area contributed by atoms with Gasteiger partial charge in [0.25, 0.3) is 0 Å². The third-order valence-corrected chi connectivity index (χ3v) is 14.4. The first-order chi connectivity index (χ1) is 31.9. The lowest BCUT2D eigenvalue weighted by atomic mass is 9.93. The summed E-state index contributed by atoms with van der Waals surface area (Å²) in [5, 5.41) is 13.7. The van der Waals surface area contributed by atoms with Crippen molar-refractivity contribution in [2.24, 2.45) is 5.73 Å². The summed E-state index contributed by atoms with van der Waals surface area (Å²) in [6.45, 7) is 2.14. The summed E-state index contributed by atoms with van der Waals surface area (Å²) in [6, 6.07) is 16.4. The molecule has 1 saturated carbocycles. The van der Waals surface area contributed by atoms with Gasteiger partial charge in [-0.3, -0.25) is 28.8 Å². The zero-order chi connectivity index (χ0) is 46.1. The minimum Gasteiger partial charge on any atom is -0.372 e. The van der Waals surface area contributed by atoms with Crippen molar-refractivity contribution in [3.05, 3.63) is 106 Å². The van der Waals surface area contributed by atoms with Crippen molar-refractivity contribution in [2.75, 3.05) is 13.1 Å². The molecular weight excluding hydrogens is 906 g/mol. The van der Waals surface area contributed by atoms with Gasteiger partial charge in [-0.05, 0) is 73.6 Å². The molecule has 1 unspecified atom stereocenters. The van der Waals surface area contributed by atoms with E-state index in [2.05, 4.69) is 47.2 Å². The maximum absolute atomic E-state index is 14.9. The first-order valence-electron chi connectivity index (χ1n) is 22.9. The van der Waals surface area contributed by atoms with Crippen molar-refractivity contribution >= 4 is 73.2 Å². The number of H-pyrrole nitrogens is 2. The minimum atomic E-state index is -1.43. The van der Waals surface area contributed by atoms with Gasteiger partial charge in [-0.2, -0.15) is 0 Å². The molecule has 6 amide bonds. The molecule has 9 rings (SSSR count). The molecule has 8 N–H and O–H groups in total. The number of fused-ring (bicyclic) bond motifs is 4. The molecule has 5 heterocycles. The van der Waals surface area contributed by atoms with Crippen molar-refractivity contribution in [2.45, 2.75) is 119 Å². The number of benzene rings is 3. The second-order valence-electron chi connectivity index (χ2n) is 18.3. The van der Waals surface area contributed by atoms with E-state index < -0.39 is 83.3 Å². The van der Waals surface area contributed by atoms with Crippen LogP contribution in [0.1, 0.15) is 68.6 Å². The molecule has 346 valence electrons. The van der Waals surface area contributed by atoms with Crippen LogP contribution in [0.4, 0.5) is 0 Å². The molecule has 7 atom stereocenters. The predicted molar refractivity (Wildman–Crippen MR) is 250 cm³/mol. The molecule has 0 radical (unpaired) electrons. The SMILES string of the molecule is CC(N)[C@@H]1NC(=O)[C@H](Cc2c[nH]c3ccccc23)NC(=O)C2(CCCC2)NC(=O)[C@H](Cc2c[nH]c3ccccc23)NC(=O)[C@@H]2C[C@@H](OCc3ccc(Br)cc3)CN2C(=O)[C@H]2CCCN2C1=O. The van der Waals surface area contributed by atoms with Crippen LogP contribution in [-0.2, 0) is 53.0 Å². The van der Waals surface area contributed by atoms with Crippen molar-refractivity contribution in [3.8, 4) is 0 Å². The Bertz CT molecular complexity index is 2640. The quantitative estimate of drug-likeness (QED) is 0.121. The Labute approximate surface area is 390 Å². The Morgan fingerprint density at radius 3 is 1.98 bits per heavy atom. The number of carbonyl (C=O) groups excluding carboxylic acids is 6. The van der Waals surface area contributed by atoms with Crippen LogP contribution in [-0.4, -0.2) is 116 Å². The van der Waals surface area contributed by atoms with Crippen LogP contribution in [0.5, 0.6) is 0 Å². The van der Waals surface area contributed by atoms with Crippen LogP contribution in [0, 0.1) is 0 Å². The molecule has 5 aromatic rings. The first-order valence-corrected chi connectivity index (χ1v) is 23.7. The molecule has 2 aromatic heterocycles. The number of aromatic amines is 2. The lowest BCUT2D eigenvalue weighted by molar-refractivity contribution is -0.148. The molecule has 0 bridgehead atoms. The second-order valence-corrected chi connectivity index (χ2v) is 19.2. The van der Waals surface area contributed by atoms with Crippen LogP contribution in [0.2, 0.25) is 0 Å². The highest BCUT2D eigenvalue weighted by atomic mass is 79.9. The van der Waals surface area contributed by atoms with E-state index in [0.29, 0.717) is 38.5 Å². The summed E-state index contributed by atoms with van der Waals surface area (Å²) in [5.41, 5.74) is 9.19. The highest BCUT2D eigenvalue weighted by Crippen LogP contribution is 2.32. The number of hydrogen-bond donors (Lipinski definition) is 7. The van der Waals surface area contributed by atoms with Crippen LogP contribution in [0.25, 0.3) is 21.8 Å². The molecular formula is C49H56BrN9O7. The number of carbonyl (C=O) groups is 6. The smallest absolute Gasteiger partial charge is 0.247 e. The number of ether oxygens (including phenoxy) is 1. The molecule has 4 aliphatic rings. The summed E-state index contributed by atoms with van der Waals surface area (Å²) in [4.78, 5) is 98.3. The number of hydrogen-bond acceptors (Lipinski definition) is 8. The van der Waals surface area contributed by atoms with Gasteiger partial charge >= 0.3 is 0 Å². The predicted octanol–water partition coefficient (Wildman–Crippen LogP) is 3.62. The minimum absolute atomic E-state index is 0.0525. The van der Waals surface area contributed by atoms with Gasteiger partial charge in [0.1, 0.15) is 35.7 Å². The number of amides is 6. The van der Waals surface area contributed by atoms with Gasteiger partial charge in [0, 0.05) is 77.1 Å². The lowest BCUT2D eigenvalue weighted by Crippen LogP contribution is -2.66. The summed E-state index contributed by atoms with van der Waals surface area (Å²) in [7, 11) is 0. The number of para-hydroxylation sites is 2. The summed E-state index contributed by atoms with van der Waals surface area (Å²) in [6.07, 6.45) is 5.97. The van der Waals surface area contributed by atoms with Crippen molar-refractivity contribution in [1.82, 2.24) is 41.0 Å². The Hall–Kier alpha value is -6.04. The molecule has 17 heteroatoms. The Kier molecular flexibility index (Phi) is 13.0. The van der Waals surface area contributed by atoms with Gasteiger partial charge in [-0.25, -0.2) is 0 Å². The fourth-order valence-electron chi connectivity index (χ4n) is 10.3. The average molecular weight is 963 g/mol. The Morgan fingerprint density at radius 1 is 0.727 bits per heavy atom. The Morgan fingerprint density at radius 2 is 1.35 bits per heavy atom. The van der Waals surface area contributed by atoms with Gasteiger partial charge < -0.3 is 51.5 Å². The summed E-state index contributed by atoms with van der Waals surface area (Å²) in [5.74, 6) is -3.28. The van der Waals surface area contributed by atoms with E-state index in [9.17, 15) is 28.8 Å². The largest absolute Gasteiger partial charge is 0.372 e. The molecule has 3 saturated heterocycles. The van der Waals surface area contributed by atoms with Crippen molar-refractivity contribution in [3.63, 3.8) is 0 Å². The fourth-order valence-corrected chi connectivity index (χ4v) is 10.5. The Balaban J connectivity index is 1.09. The molecule has 4 fully saturated rings. The number of aromatic nitrogens is 2. The fraction of sp³-hybridized carbons (Fsp3) is 0.429. The third-order valence-electron chi connectivity index (χ3n) is 13.9. The number of halogens is 1. The van der Waals surface area contributed by atoms with Crippen LogP contribution in [0.15, 0.2) is 89.7 Å². The third kappa shape index (κ3) is 9.20. The highest BCUT2D eigenvalue weighted by molar-refractivity contribution is 9.10. The van der Waals surface area contributed by atoms with Crippen molar-refractivity contribution < 1.29 is 33.5 Å².